The molecule has 0 bridgehead atoms. The van der Waals surface area contributed by atoms with Crippen molar-refractivity contribution in [3.8, 4) is 0 Å². The summed E-state index contributed by atoms with van der Waals surface area (Å²) < 4.78 is 0. The number of hydrogen-bond acceptors (Lipinski definition) is 1. The van der Waals surface area contributed by atoms with E-state index in [0.717, 1.165) is 30.6 Å². The van der Waals surface area contributed by atoms with Gasteiger partial charge in [0.15, 0.2) is 0 Å². The molecule has 5 rings (SSSR count). The number of aliphatic hydroxyl groups is 1. The molecule has 1 N–H and O–H groups in total. The molecule has 0 radical (unpaired) electrons. The van der Waals surface area contributed by atoms with E-state index in [-0.39, 0.29) is 5.41 Å². The number of aliphatic hydroxyl groups excluding tert-OH is 1. The molecule has 0 aliphatic heterocycles. The Morgan fingerprint density at radius 1 is 0.824 bits per heavy atom. The van der Waals surface area contributed by atoms with Crippen LogP contribution in [0, 0.1) is 62.6 Å². The Bertz CT molecular complexity index is 872. The highest BCUT2D eigenvalue weighted by Gasteiger charge is 2.71. The van der Waals surface area contributed by atoms with Gasteiger partial charge in [-0.25, -0.2) is 0 Å². The smallest absolute Gasteiger partial charge is 0.0915 e. The highest BCUT2D eigenvalue weighted by Crippen LogP contribution is 2.78. The fourth-order valence-electron chi connectivity index (χ4n) is 12.2. The van der Waals surface area contributed by atoms with Gasteiger partial charge in [-0.05, 0) is 128 Å². The van der Waals surface area contributed by atoms with Crippen LogP contribution in [-0.4, -0.2) is 5.11 Å². The van der Waals surface area contributed by atoms with Gasteiger partial charge in [-0.15, -0.1) is 0 Å². The Labute approximate surface area is 211 Å². The average Bonchev–Trinajstić information content (AvgIpc) is 3.18. The largest absolute Gasteiger partial charge is 0.512 e. The zero-order valence-corrected chi connectivity index (χ0v) is 23.6. The first-order chi connectivity index (χ1) is 15.8. The summed E-state index contributed by atoms with van der Waals surface area (Å²) in [6.07, 6.45) is 14.5. The maximum Gasteiger partial charge on any atom is 0.0915 e. The summed E-state index contributed by atoms with van der Waals surface area (Å²) in [4.78, 5) is 0. The standard InChI is InChI=1S/C33H54O/c1-10-29(6)22(4)13-16-30(7)26(29)15-17-32(9)27(30)12-11-25-28-24(21(2)3)14-18-33(28,23(5)34)20-19-31(25,32)8/h22,24-28,34H,2,5,10-20H2,1,3-4,6-9H3/t22-,24-,25?,26-,27?,28?,29+,30-,31+,32+,33+/m0/s1. The van der Waals surface area contributed by atoms with E-state index in [1.54, 1.807) is 0 Å². The predicted octanol–water partition coefficient (Wildman–Crippen LogP) is 9.74. The first-order valence-electron chi connectivity index (χ1n) is 14.9. The lowest BCUT2D eigenvalue weighted by Crippen LogP contribution is -2.66. The fraction of sp³-hybridized carbons (Fsp3) is 0.879. The third-order valence-corrected chi connectivity index (χ3v) is 14.7. The van der Waals surface area contributed by atoms with E-state index < -0.39 is 0 Å². The number of fused-ring (bicyclic) bond motifs is 7. The number of rotatable bonds is 3. The van der Waals surface area contributed by atoms with Gasteiger partial charge in [0, 0.05) is 5.41 Å². The molecule has 0 aromatic heterocycles. The second-order valence-corrected chi connectivity index (χ2v) is 15.1. The fourth-order valence-corrected chi connectivity index (χ4v) is 12.2. The maximum atomic E-state index is 11.0. The Hall–Kier alpha value is -0.720. The Balaban J connectivity index is 1.56. The maximum absolute atomic E-state index is 11.0. The molecule has 34 heavy (non-hydrogen) atoms. The van der Waals surface area contributed by atoms with Crippen LogP contribution in [-0.2, 0) is 0 Å². The summed E-state index contributed by atoms with van der Waals surface area (Å²) in [7, 11) is 0. The van der Waals surface area contributed by atoms with E-state index in [2.05, 4.69) is 61.6 Å². The second kappa shape index (κ2) is 7.64. The number of allylic oxidation sites excluding steroid dienone is 2. The minimum absolute atomic E-state index is 0.0564. The minimum Gasteiger partial charge on any atom is -0.512 e. The van der Waals surface area contributed by atoms with Gasteiger partial charge in [-0.3, -0.25) is 0 Å². The molecule has 0 spiro atoms. The zero-order valence-electron chi connectivity index (χ0n) is 23.6. The molecule has 1 nitrogen and oxygen atoms in total. The Morgan fingerprint density at radius 2 is 1.53 bits per heavy atom. The van der Waals surface area contributed by atoms with Crippen LogP contribution in [0.5, 0.6) is 0 Å². The molecule has 5 aliphatic carbocycles. The van der Waals surface area contributed by atoms with E-state index in [1.165, 1.54) is 63.4 Å². The second-order valence-electron chi connectivity index (χ2n) is 15.1. The first-order valence-corrected chi connectivity index (χ1v) is 14.9. The average molecular weight is 467 g/mol. The molecule has 0 heterocycles. The lowest BCUT2D eigenvalue weighted by atomic mass is 9.31. The molecule has 0 aromatic rings. The van der Waals surface area contributed by atoms with Crippen molar-refractivity contribution in [3.05, 3.63) is 24.5 Å². The van der Waals surface area contributed by atoms with Gasteiger partial charge >= 0.3 is 0 Å². The van der Waals surface area contributed by atoms with Crippen LogP contribution < -0.4 is 0 Å². The third kappa shape index (κ3) is 2.80. The molecule has 0 amide bonds. The molecule has 0 aromatic carbocycles. The summed E-state index contributed by atoms with van der Waals surface area (Å²) in [5.41, 5.74) is 3.04. The summed E-state index contributed by atoms with van der Waals surface area (Å²) in [5, 5.41) is 11.0. The van der Waals surface area contributed by atoms with Crippen LogP contribution >= 0.6 is 0 Å². The molecule has 11 atom stereocenters. The van der Waals surface area contributed by atoms with Gasteiger partial charge in [-0.2, -0.15) is 0 Å². The van der Waals surface area contributed by atoms with Crippen molar-refractivity contribution in [2.24, 2.45) is 62.6 Å². The minimum atomic E-state index is -0.0564. The van der Waals surface area contributed by atoms with E-state index in [9.17, 15) is 5.11 Å². The highest BCUT2D eigenvalue weighted by atomic mass is 16.3. The van der Waals surface area contributed by atoms with Crippen LogP contribution in [0.1, 0.15) is 119 Å². The van der Waals surface area contributed by atoms with Crippen LogP contribution in [0.25, 0.3) is 0 Å². The van der Waals surface area contributed by atoms with Crippen molar-refractivity contribution in [1.29, 1.82) is 0 Å². The molecule has 3 unspecified atom stereocenters. The summed E-state index contributed by atoms with van der Waals surface area (Å²) >= 11 is 0. The summed E-state index contributed by atoms with van der Waals surface area (Å²) in [5.74, 6) is 4.85. The lowest BCUT2D eigenvalue weighted by molar-refractivity contribution is -0.243. The van der Waals surface area contributed by atoms with Crippen LogP contribution in [0.3, 0.4) is 0 Å². The van der Waals surface area contributed by atoms with Gasteiger partial charge in [0.25, 0.3) is 0 Å². The third-order valence-electron chi connectivity index (χ3n) is 14.7. The molecule has 5 fully saturated rings. The normalized spacial score (nSPS) is 56.6. The quantitative estimate of drug-likeness (QED) is 0.324. The molecular weight excluding hydrogens is 412 g/mol. The zero-order chi connectivity index (χ0) is 24.9. The topological polar surface area (TPSA) is 20.2 Å². The first kappa shape index (κ1) is 25.0. The molecule has 192 valence electrons. The van der Waals surface area contributed by atoms with Gasteiger partial charge in [-0.1, -0.05) is 66.7 Å². The van der Waals surface area contributed by atoms with Gasteiger partial charge in [0.2, 0.25) is 0 Å². The van der Waals surface area contributed by atoms with E-state index >= 15 is 0 Å². The van der Waals surface area contributed by atoms with Crippen molar-refractivity contribution in [2.45, 2.75) is 119 Å². The van der Waals surface area contributed by atoms with Crippen molar-refractivity contribution in [3.63, 3.8) is 0 Å². The Morgan fingerprint density at radius 3 is 2.15 bits per heavy atom. The Kier molecular flexibility index (Phi) is 5.61. The summed E-state index contributed by atoms with van der Waals surface area (Å²) in [6, 6.07) is 0. The molecule has 5 saturated carbocycles. The van der Waals surface area contributed by atoms with E-state index in [4.69, 9.17) is 0 Å². The van der Waals surface area contributed by atoms with Crippen molar-refractivity contribution in [2.75, 3.05) is 0 Å². The van der Waals surface area contributed by atoms with E-state index in [0.29, 0.717) is 45.2 Å². The highest BCUT2D eigenvalue weighted by molar-refractivity contribution is 5.25. The van der Waals surface area contributed by atoms with Gasteiger partial charge < -0.3 is 5.11 Å². The van der Waals surface area contributed by atoms with Crippen molar-refractivity contribution >= 4 is 0 Å². The van der Waals surface area contributed by atoms with Crippen LogP contribution in [0.2, 0.25) is 0 Å². The van der Waals surface area contributed by atoms with Crippen LogP contribution in [0.15, 0.2) is 24.5 Å². The van der Waals surface area contributed by atoms with E-state index in [1.807, 2.05) is 0 Å². The van der Waals surface area contributed by atoms with Crippen molar-refractivity contribution in [1.82, 2.24) is 0 Å². The van der Waals surface area contributed by atoms with Crippen molar-refractivity contribution < 1.29 is 5.11 Å². The van der Waals surface area contributed by atoms with Gasteiger partial charge in [0.1, 0.15) is 0 Å². The summed E-state index contributed by atoms with van der Waals surface area (Å²) in [6.45, 7) is 26.7. The van der Waals surface area contributed by atoms with Gasteiger partial charge in [0.05, 0.1) is 5.76 Å². The molecule has 1 heteroatoms. The number of hydrogen-bond donors (Lipinski definition) is 1. The monoisotopic (exact) mass is 466 g/mol. The van der Waals surface area contributed by atoms with Crippen LogP contribution in [0.4, 0.5) is 0 Å². The molecule has 5 aliphatic rings. The lowest BCUT2D eigenvalue weighted by Gasteiger charge is -2.73. The molecular formula is C33H54O. The SMILES string of the molecule is C=C(C)[C@@H]1CC[C@]2(C(=C)O)CC[C@]3(C)C(CCC4[C@@]5(C)CC[C@H](C)[C@@](C)(CC)[C@@H]5CC[C@]43C)C12. The molecule has 0 saturated heterocycles. The predicted molar refractivity (Wildman–Crippen MR) is 145 cm³/mol.